The summed E-state index contributed by atoms with van der Waals surface area (Å²) in [6, 6.07) is 7.42. The second-order valence-corrected chi connectivity index (χ2v) is 5.53. The van der Waals surface area contributed by atoms with Crippen LogP contribution in [0, 0.1) is 31.6 Å². The van der Waals surface area contributed by atoms with Gasteiger partial charge in [0.25, 0.3) is 5.91 Å². The van der Waals surface area contributed by atoms with Gasteiger partial charge in [-0.3, -0.25) is 4.79 Å². The monoisotopic (exact) mass is 298 g/mol. The van der Waals surface area contributed by atoms with Crippen LogP contribution >= 0.6 is 0 Å². The number of carbonyl (C=O) groups is 1. The molecular formula is C18H20NO3. The Balaban J connectivity index is 1.89. The third-order valence-corrected chi connectivity index (χ3v) is 4.22. The zero-order chi connectivity index (χ0) is 15.7. The van der Waals surface area contributed by atoms with Crippen molar-refractivity contribution in [1.29, 1.82) is 0 Å². The zero-order valence-corrected chi connectivity index (χ0v) is 13.1. The second-order valence-electron chi connectivity index (χ2n) is 5.53. The molecule has 4 heteroatoms. The Kier molecular flexibility index (Phi) is 4.13. The van der Waals surface area contributed by atoms with E-state index >= 15 is 0 Å². The van der Waals surface area contributed by atoms with Gasteiger partial charge in [-0.25, -0.2) is 0 Å². The summed E-state index contributed by atoms with van der Waals surface area (Å²) in [6.45, 7) is 4.29. The molecule has 115 valence electrons. The lowest BCUT2D eigenvalue weighted by molar-refractivity contribution is -0.158. The van der Waals surface area contributed by atoms with E-state index in [4.69, 9.17) is 9.47 Å². The number of ether oxygens (including phenoxy) is 2. The van der Waals surface area contributed by atoms with Crippen LogP contribution in [-0.4, -0.2) is 31.3 Å². The van der Waals surface area contributed by atoms with E-state index in [2.05, 4.69) is 0 Å². The Bertz CT molecular complexity index is 536. The van der Waals surface area contributed by atoms with Crippen molar-refractivity contribution in [2.24, 2.45) is 0 Å². The van der Waals surface area contributed by atoms with E-state index in [0.717, 1.165) is 17.4 Å². The first kappa shape index (κ1) is 15.3. The van der Waals surface area contributed by atoms with E-state index in [1.165, 1.54) is 0 Å². The van der Waals surface area contributed by atoms with Gasteiger partial charge in [-0.05, 0) is 63.8 Å². The molecule has 1 saturated carbocycles. The Morgan fingerprint density at radius 1 is 1.18 bits per heavy atom. The molecule has 2 aliphatic rings. The maximum Gasteiger partial charge on any atom is 0.261 e. The molecule has 1 amide bonds. The van der Waals surface area contributed by atoms with Gasteiger partial charge in [0.2, 0.25) is 0 Å². The second kappa shape index (κ2) is 5.92. The standard InChI is InChI=1S/C18H20NO3/c1-4-22-18(2)16(13-7-5-6-8-13)19(17(18)20)14-9-11-15(21-3)12-10-14/h5-12,16H,4H2,1-3H3/t16-,18+/m0/s1. The maximum absolute atomic E-state index is 12.7. The highest BCUT2D eigenvalue weighted by Crippen LogP contribution is 2.46. The summed E-state index contributed by atoms with van der Waals surface area (Å²) in [5.74, 6) is 1.85. The fourth-order valence-corrected chi connectivity index (χ4v) is 3.14. The Morgan fingerprint density at radius 2 is 1.82 bits per heavy atom. The highest BCUT2D eigenvalue weighted by molar-refractivity contribution is 6.09. The van der Waals surface area contributed by atoms with E-state index in [1.54, 1.807) is 12.0 Å². The van der Waals surface area contributed by atoms with E-state index in [9.17, 15) is 4.79 Å². The van der Waals surface area contributed by atoms with Crippen LogP contribution in [0.1, 0.15) is 13.8 Å². The molecule has 1 heterocycles. The van der Waals surface area contributed by atoms with E-state index < -0.39 is 5.60 Å². The number of carbonyl (C=O) groups excluding carboxylic acids is 1. The third kappa shape index (κ3) is 2.30. The van der Waals surface area contributed by atoms with Crippen LogP contribution in [0.4, 0.5) is 5.69 Å². The van der Waals surface area contributed by atoms with Gasteiger partial charge in [-0.15, -0.1) is 0 Å². The van der Waals surface area contributed by atoms with Crippen molar-refractivity contribution in [3.8, 4) is 5.75 Å². The summed E-state index contributed by atoms with van der Waals surface area (Å²) in [7, 11) is 1.63. The van der Waals surface area contributed by atoms with Gasteiger partial charge in [0.15, 0.2) is 5.60 Å². The number of amides is 1. The Morgan fingerprint density at radius 3 is 2.36 bits per heavy atom. The number of methoxy groups -OCH3 is 1. The normalized spacial score (nSPS) is 28.8. The van der Waals surface area contributed by atoms with Gasteiger partial charge in [-0.1, -0.05) is 0 Å². The van der Waals surface area contributed by atoms with Crippen molar-refractivity contribution >= 4 is 11.6 Å². The van der Waals surface area contributed by atoms with Gasteiger partial charge in [0.05, 0.1) is 13.2 Å². The molecule has 5 radical (unpaired) electrons. The van der Waals surface area contributed by atoms with Gasteiger partial charge < -0.3 is 14.4 Å². The minimum atomic E-state index is -0.803. The summed E-state index contributed by atoms with van der Waals surface area (Å²) < 4.78 is 11.0. The summed E-state index contributed by atoms with van der Waals surface area (Å²) in [4.78, 5) is 14.5. The first-order valence-electron chi connectivity index (χ1n) is 7.45. The third-order valence-electron chi connectivity index (χ3n) is 4.22. The molecule has 0 N–H and O–H groups in total. The lowest BCUT2D eigenvalue weighted by Crippen LogP contribution is -2.75. The molecule has 3 rings (SSSR count). The average Bonchev–Trinajstić information content (AvgIpc) is 3.05. The molecule has 0 spiro atoms. The average molecular weight is 298 g/mol. The van der Waals surface area contributed by atoms with Crippen molar-refractivity contribution in [2.75, 3.05) is 18.6 Å². The molecule has 2 atom stereocenters. The molecule has 1 aliphatic heterocycles. The first-order valence-corrected chi connectivity index (χ1v) is 7.45. The Labute approximate surface area is 132 Å². The predicted octanol–water partition coefficient (Wildman–Crippen LogP) is 2.61. The molecule has 0 unspecified atom stereocenters. The maximum atomic E-state index is 12.7. The highest BCUT2D eigenvalue weighted by Gasteiger charge is 2.62. The number of benzene rings is 1. The summed E-state index contributed by atoms with van der Waals surface area (Å²) in [5.41, 5.74) is 0.0532. The molecular weight excluding hydrogens is 278 g/mol. The number of β-lactam (4-membered cyclic amide) rings is 1. The summed E-state index contributed by atoms with van der Waals surface area (Å²) in [6.07, 6.45) is 8.03. The summed E-state index contributed by atoms with van der Waals surface area (Å²) in [5, 5.41) is 0. The minimum absolute atomic E-state index is 0.00860. The van der Waals surface area contributed by atoms with Crippen molar-refractivity contribution in [1.82, 2.24) is 0 Å². The van der Waals surface area contributed by atoms with Crippen LogP contribution < -0.4 is 9.64 Å². The van der Waals surface area contributed by atoms with Gasteiger partial charge in [-0.2, -0.15) is 0 Å². The fraction of sp³-hybridized carbons (Fsp3) is 0.333. The van der Waals surface area contributed by atoms with Gasteiger partial charge in [0, 0.05) is 18.2 Å². The lowest BCUT2D eigenvalue weighted by Gasteiger charge is -2.55. The van der Waals surface area contributed by atoms with Crippen molar-refractivity contribution in [3.63, 3.8) is 0 Å². The molecule has 1 aromatic carbocycles. The molecule has 1 aliphatic carbocycles. The van der Waals surface area contributed by atoms with Crippen LogP contribution in [0.2, 0.25) is 0 Å². The highest BCUT2D eigenvalue weighted by atomic mass is 16.5. The topological polar surface area (TPSA) is 38.8 Å². The van der Waals surface area contributed by atoms with Crippen LogP contribution in [0.3, 0.4) is 0 Å². The van der Waals surface area contributed by atoms with Crippen LogP contribution in [0.25, 0.3) is 0 Å². The Hall–Kier alpha value is -1.55. The summed E-state index contributed by atoms with van der Waals surface area (Å²) >= 11 is 0. The smallest absolute Gasteiger partial charge is 0.261 e. The molecule has 0 bridgehead atoms. The number of anilines is 1. The molecule has 2 fully saturated rings. The lowest BCUT2D eigenvalue weighted by atomic mass is 9.74. The van der Waals surface area contributed by atoms with Crippen LogP contribution in [0.15, 0.2) is 24.3 Å². The number of hydrogen-bond acceptors (Lipinski definition) is 3. The SMILES string of the molecule is CCO[C@@]1(C)C(=O)N(c2ccc(OC)cc2)[C@H]1[C]1[CH][CH][CH][CH]1. The van der Waals surface area contributed by atoms with E-state index in [0.29, 0.717) is 6.61 Å². The zero-order valence-electron chi connectivity index (χ0n) is 13.1. The van der Waals surface area contributed by atoms with E-state index in [-0.39, 0.29) is 11.9 Å². The van der Waals surface area contributed by atoms with Gasteiger partial charge >= 0.3 is 0 Å². The van der Waals surface area contributed by atoms with Crippen LogP contribution in [-0.2, 0) is 9.53 Å². The quantitative estimate of drug-likeness (QED) is 0.784. The van der Waals surface area contributed by atoms with Crippen molar-refractivity contribution in [2.45, 2.75) is 25.5 Å². The number of hydrogen-bond donors (Lipinski definition) is 0. The predicted molar refractivity (Wildman–Crippen MR) is 84.7 cm³/mol. The fourth-order valence-electron chi connectivity index (χ4n) is 3.14. The van der Waals surface area contributed by atoms with Crippen LogP contribution in [0.5, 0.6) is 5.75 Å². The molecule has 22 heavy (non-hydrogen) atoms. The molecule has 0 aromatic heterocycles. The molecule has 1 saturated heterocycles. The molecule has 4 nitrogen and oxygen atoms in total. The van der Waals surface area contributed by atoms with Crippen molar-refractivity contribution < 1.29 is 14.3 Å². The number of rotatable bonds is 5. The van der Waals surface area contributed by atoms with Crippen molar-refractivity contribution in [3.05, 3.63) is 55.9 Å². The van der Waals surface area contributed by atoms with Gasteiger partial charge in [0.1, 0.15) is 5.75 Å². The molecule has 1 aromatic rings. The largest absolute Gasteiger partial charge is 0.497 e. The van der Waals surface area contributed by atoms with E-state index in [1.807, 2.05) is 63.8 Å². The minimum Gasteiger partial charge on any atom is -0.497 e. The number of nitrogens with zero attached hydrogens (tertiary/aromatic N) is 1. The first-order chi connectivity index (χ1) is 10.6.